The fourth-order valence-electron chi connectivity index (χ4n) is 1.75. The summed E-state index contributed by atoms with van der Waals surface area (Å²) in [6.45, 7) is 0. The van der Waals surface area contributed by atoms with Gasteiger partial charge in [-0.05, 0) is 12.1 Å². The lowest BCUT2D eigenvalue weighted by atomic mass is 10.2. The van der Waals surface area contributed by atoms with Crippen LogP contribution in [0.2, 0.25) is 0 Å². The predicted molar refractivity (Wildman–Crippen MR) is 66.3 cm³/mol. The number of rotatable bonds is 2. The van der Waals surface area contributed by atoms with Gasteiger partial charge in [-0.3, -0.25) is 4.79 Å². The van der Waals surface area contributed by atoms with Gasteiger partial charge in [-0.1, -0.05) is 18.2 Å². The summed E-state index contributed by atoms with van der Waals surface area (Å²) in [5.74, 6) is -0.532. The molecule has 3 rings (SSSR count). The second-order valence-electron chi connectivity index (χ2n) is 3.93. The molecule has 0 spiro atoms. The number of hydrogen-bond donors (Lipinski definition) is 5. The van der Waals surface area contributed by atoms with Crippen molar-refractivity contribution in [2.24, 2.45) is 0 Å². The highest BCUT2D eigenvalue weighted by atomic mass is 16.4. The van der Waals surface area contributed by atoms with Gasteiger partial charge in [-0.15, -0.1) is 0 Å². The molecule has 1 aliphatic heterocycles. The van der Waals surface area contributed by atoms with E-state index in [1.807, 2.05) is 0 Å². The third kappa shape index (κ3) is 2.33. The molecule has 1 aliphatic rings. The van der Waals surface area contributed by atoms with Crippen molar-refractivity contribution in [2.45, 2.75) is 6.29 Å². The summed E-state index contributed by atoms with van der Waals surface area (Å²) >= 11 is 0. The van der Waals surface area contributed by atoms with E-state index in [1.54, 1.807) is 24.3 Å². The largest absolute Gasteiger partial charge is 0.422 e. The Morgan fingerprint density at radius 1 is 1.21 bits per heavy atom. The molecule has 8 nitrogen and oxygen atoms in total. The van der Waals surface area contributed by atoms with Crippen LogP contribution in [0.5, 0.6) is 0 Å². The highest BCUT2D eigenvalue weighted by Crippen LogP contribution is 2.12. The molecule has 0 radical (unpaired) electrons. The van der Waals surface area contributed by atoms with Crippen molar-refractivity contribution < 1.29 is 9.21 Å². The number of carbonyl (C=O) groups is 1. The maximum atomic E-state index is 12.0. The first-order chi connectivity index (χ1) is 9.24. The molecule has 1 fully saturated rings. The molecule has 1 aromatic heterocycles. The lowest BCUT2D eigenvalue weighted by Gasteiger charge is -2.10. The molecule has 0 unspecified atom stereocenters. The number of amides is 1. The topological polar surface area (TPSA) is 107 Å². The van der Waals surface area contributed by atoms with E-state index in [0.29, 0.717) is 11.0 Å². The smallest absolute Gasteiger partial charge is 0.349 e. The number of benzene rings is 1. The van der Waals surface area contributed by atoms with Crippen molar-refractivity contribution in [1.29, 1.82) is 0 Å². The highest BCUT2D eigenvalue weighted by molar-refractivity contribution is 5.96. The Hall–Kier alpha value is -2.26. The summed E-state index contributed by atoms with van der Waals surface area (Å²) in [6, 6.07) is 8.51. The van der Waals surface area contributed by atoms with Gasteiger partial charge in [0.1, 0.15) is 11.1 Å². The molecule has 0 aliphatic carbocycles. The van der Waals surface area contributed by atoms with E-state index in [1.165, 1.54) is 6.07 Å². The Labute approximate surface area is 107 Å². The number of fused-ring (bicyclic) bond motifs is 1. The van der Waals surface area contributed by atoms with Crippen molar-refractivity contribution in [3.63, 3.8) is 0 Å². The fourth-order valence-corrected chi connectivity index (χ4v) is 1.75. The van der Waals surface area contributed by atoms with Crippen LogP contribution in [0, 0.1) is 0 Å². The maximum absolute atomic E-state index is 12.0. The Morgan fingerprint density at radius 2 is 1.95 bits per heavy atom. The molecule has 1 amide bonds. The van der Waals surface area contributed by atoms with Crippen molar-refractivity contribution in [2.75, 3.05) is 0 Å². The Bertz CT molecular complexity index is 677. The zero-order valence-electron chi connectivity index (χ0n) is 9.69. The van der Waals surface area contributed by atoms with Gasteiger partial charge in [-0.2, -0.15) is 11.1 Å². The quantitative estimate of drug-likeness (QED) is 0.438. The molecule has 0 atom stereocenters. The minimum Gasteiger partial charge on any atom is -0.422 e. The number of carbonyl (C=O) groups excluding carboxylic acids is 1. The molecular weight excluding hydrogens is 250 g/mol. The summed E-state index contributed by atoms with van der Waals surface area (Å²) in [7, 11) is 0. The van der Waals surface area contributed by atoms with E-state index in [2.05, 4.69) is 27.2 Å². The van der Waals surface area contributed by atoms with Crippen LogP contribution in [0.25, 0.3) is 11.0 Å². The average molecular weight is 261 g/mol. The zero-order chi connectivity index (χ0) is 13.2. The van der Waals surface area contributed by atoms with E-state index in [9.17, 15) is 9.59 Å². The van der Waals surface area contributed by atoms with Gasteiger partial charge in [0.25, 0.3) is 5.91 Å². The van der Waals surface area contributed by atoms with Gasteiger partial charge < -0.3 is 9.73 Å². The first-order valence-electron chi connectivity index (χ1n) is 5.59. The van der Waals surface area contributed by atoms with Crippen LogP contribution in [0.1, 0.15) is 10.4 Å². The summed E-state index contributed by atoms with van der Waals surface area (Å²) in [4.78, 5) is 23.7. The van der Waals surface area contributed by atoms with E-state index >= 15 is 0 Å². The molecule has 2 heterocycles. The molecule has 0 bridgehead atoms. The maximum Gasteiger partial charge on any atom is 0.349 e. The van der Waals surface area contributed by atoms with Crippen LogP contribution in [0.3, 0.4) is 0 Å². The van der Waals surface area contributed by atoms with Crippen molar-refractivity contribution in [1.82, 2.24) is 27.2 Å². The highest BCUT2D eigenvalue weighted by Gasteiger charge is 2.19. The third-order valence-electron chi connectivity index (χ3n) is 2.66. The van der Waals surface area contributed by atoms with Crippen LogP contribution in [0.4, 0.5) is 0 Å². The van der Waals surface area contributed by atoms with E-state index < -0.39 is 17.8 Å². The van der Waals surface area contributed by atoms with Gasteiger partial charge >= 0.3 is 5.63 Å². The van der Waals surface area contributed by atoms with Crippen molar-refractivity contribution >= 4 is 16.9 Å². The first kappa shape index (κ1) is 11.8. The fraction of sp³-hybridized carbons (Fsp3) is 0.0909. The summed E-state index contributed by atoms with van der Waals surface area (Å²) in [5, 5.41) is 3.25. The number of nitrogens with one attached hydrogen (secondary N) is 5. The summed E-state index contributed by atoms with van der Waals surface area (Å²) < 4.78 is 5.09. The SMILES string of the molecule is O=C(NC1NNNN1)c1cc2ccccc2oc1=O. The lowest BCUT2D eigenvalue weighted by molar-refractivity contribution is 0.0923. The average Bonchev–Trinajstić information content (AvgIpc) is 2.90. The second kappa shape index (κ2) is 4.78. The van der Waals surface area contributed by atoms with Crippen molar-refractivity contribution in [3.05, 3.63) is 46.3 Å². The van der Waals surface area contributed by atoms with Crippen LogP contribution >= 0.6 is 0 Å². The van der Waals surface area contributed by atoms with Gasteiger partial charge in [0, 0.05) is 5.39 Å². The minimum absolute atomic E-state index is 0.0470. The minimum atomic E-state index is -0.671. The standard InChI is InChI=1S/C11H11N5O3/c17-9(12-11-13-15-16-14-11)7-5-6-3-1-2-4-8(6)19-10(7)18/h1-5,11,13-16H,(H,12,17). The second-order valence-corrected chi connectivity index (χ2v) is 3.93. The van der Waals surface area contributed by atoms with E-state index in [4.69, 9.17) is 4.42 Å². The van der Waals surface area contributed by atoms with Gasteiger partial charge in [-0.25, -0.2) is 15.6 Å². The monoisotopic (exact) mass is 261 g/mol. The molecule has 1 saturated heterocycles. The summed E-state index contributed by atoms with van der Waals surface area (Å²) in [6.07, 6.45) is -0.529. The Kier molecular flexibility index (Phi) is 2.97. The molecule has 19 heavy (non-hydrogen) atoms. The molecule has 1 aromatic carbocycles. The molecular formula is C11H11N5O3. The Morgan fingerprint density at radius 3 is 2.74 bits per heavy atom. The molecule has 8 heteroatoms. The Balaban J connectivity index is 1.92. The molecule has 0 saturated carbocycles. The molecule has 2 aromatic rings. The number of hydrazine groups is 3. The van der Waals surface area contributed by atoms with Gasteiger partial charge in [0.05, 0.1) is 0 Å². The van der Waals surface area contributed by atoms with Crippen LogP contribution < -0.4 is 32.9 Å². The molecule has 98 valence electrons. The summed E-state index contributed by atoms with van der Waals surface area (Å²) in [5.41, 5.74) is 10.2. The van der Waals surface area contributed by atoms with Gasteiger partial charge in [0.15, 0.2) is 6.29 Å². The first-order valence-corrected chi connectivity index (χ1v) is 5.59. The third-order valence-corrected chi connectivity index (χ3v) is 2.66. The van der Waals surface area contributed by atoms with E-state index in [0.717, 1.165) is 0 Å². The number of para-hydroxylation sites is 1. The van der Waals surface area contributed by atoms with Crippen LogP contribution in [-0.2, 0) is 0 Å². The number of hydrogen-bond acceptors (Lipinski definition) is 7. The van der Waals surface area contributed by atoms with E-state index in [-0.39, 0.29) is 5.56 Å². The van der Waals surface area contributed by atoms with Crippen LogP contribution in [-0.4, -0.2) is 12.2 Å². The normalized spacial score (nSPS) is 15.8. The van der Waals surface area contributed by atoms with Crippen LogP contribution in [0.15, 0.2) is 39.5 Å². The van der Waals surface area contributed by atoms with Crippen molar-refractivity contribution in [3.8, 4) is 0 Å². The predicted octanol–water partition coefficient (Wildman–Crippen LogP) is -1.08. The van der Waals surface area contributed by atoms with Gasteiger partial charge in [0.2, 0.25) is 0 Å². The zero-order valence-corrected chi connectivity index (χ0v) is 9.69. The lowest BCUT2D eigenvalue weighted by Crippen LogP contribution is -2.50. The molecule has 5 N–H and O–H groups in total.